The number of thiophene rings is 1. The number of aromatic hydroxyl groups is 1. The summed E-state index contributed by atoms with van der Waals surface area (Å²) < 4.78 is 1.56. The van der Waals surface area contributed by atoms with Gasteiger partial charge in [-0.2, -0.15) is 5.10 Å². The zero-order valence-electron chi connectivity index (χ0n) is 17.8. The summed E-state index contributed by atoms with van der Waals surface area (Å²) in [4.78, 5) is 32.7. The summed E-state index contributed by atoms with van der Waals surface area (Å²) in [7, 11) is 0. The van der Waals surface area contributed by atoms with E-state index in [1.807, 2.05) is 0 Å². The SMILES string of the molecule is O=C(CSc1nc2sc3c(c2c(=O)n1-c1ccc(Cl)cc1)CCC3)NN=Cc1ccc(O)cc1. The fourth-order valence-corrected chi connectivity index (χ4v) is 6.07. The molecule has 5 rings (SSSR count). The maximum Gasteiger partial charge on any atom is 0.267 e. The number of phenols is 1. The van der Waals surface area contributed by atoms with Gasteiger partial charge in [-0.1, -0.05) is 23.4 Å². The molecular formula is C24H19ClN4O3S2. The number of carbonyl (C=O) groups excluding carboxylic acids is 1. The molecule has 0 radical (unpaired) electrons. The third kappa shape index (κ3) is 4.59. The Labute approximate surface area is 208 Å². The van der Waals surface area contributed by atoms with E-state index >= 15 is 0 Å². The van der Waals surface area contributed by atoms with Gasteiger partial charge >= 0.3 is 0 Å². The Bertz CT molecular complexity index is 1460. The van der Waals surface area contributed by atoms with Crippen LogP contribution < -0.4 is 11.0 Å². The highest BCUT2D eigenvalue weighted by atomic mass is 35.5. The highest BCUT2D eigenvalue weighted by Gasteiger charge is 2.24. The molecule has 7 nitrogen and oxygen atoms in total. The van der Waals surface area contributed by atoms with Crippen LogP contribution in [0, 0.1) is 0 Å². The number of nitrogens with one attached hydrogen (secondary N) is 1. The van der Waals surface area contributed by atoms with E-state index in [1.165, 1.54) is 35.0 Å². The average molecular weight is 511 g/mol. The average Bonchev–Trinajstić information content (AvgIpc) is 3.41. The maximum absolute atomic E-state index is 13.6. The zero-order valence-corrected chi connectivity index (χ0v) is 20.2. The third-order valence-electron chi connectivity index (χ3n) is 5.42. The molecule has 172 valence electrons. The predicted molar refractivity (Wildman–Crippen MR) is 137 cm³/mol. The largest absolute Gasteiger partial charge is 0.508 e. The van der Waals surface area contributed by atoms with Gasteiger partial charge in [0.1, 0.15) is 10.6 Å². The Kier molecular flexibility index (Phi) is 6.40. The molecule has 4 aromatic rings. The first-order valence-electron chi connectivity index (χ1n) is 10.6. The molecule has 34 heavy (non-hydrogen) atoms. The van der Waals surface area contributed by atoms with Crippen molar-refractivity contribution >= 4 is 57.0 Å². The molecule has 2 aromatic heterocycles. The molecule has 0 bridgehead atoms. The van der Waals surface area contributed by atoms with Gasteiger partial charge in [-0.25, -0.2) is 10.4 Å². The molecule has 1 aliphatic carbocycles. The molecule has 0 saturated carbocycles. The van der Waals surface area contributed by atoms with E-state index in [0.717, 1.165) is 30.4 Å². The van der Waals surface area contributed by atoms with Gasteiger partial charge in [0.25, 0.3) is 11.5 Å². The number of nitrogens with zero attached hydrogens (tertiary/aromatic N) is 3. The molecule has 1 amide bonds. The van der Waals surface area contributed by atoms with Crippen molar-refractivity contribution in [3.8, 4) is 11.4 Å². The van der Waals surface area contributed by atoms with Gasteiger partial charge in [0.2, 0.25) is 0 Å². The first kappa shape index (κ1) is 22.6. The maximum atomic E-state index is 13.6. The molecular weight excluding hydrogens is 492 g/mol. The van der Waals surface area contributed by atoms with Crippen LogP contribution in [0.2, 0.25) is 5.02 Å². The summed E-state index contributed by atoms with van der Waals surface area (Å²) in [6.07, 6.45) is 4.41. The van der Waals surface area contributed by atoms with E-state index in [2.05, 4.69) is 10.5 Å². The van der Waals surface area contributed by atoms with Crippen molar-refractivity contribution in [1.82, 2.24) is 15.0 Å². The number of carbonyl (C=O) groups is 1. The number of aryl methyl sites for hydroxylation is 2. The summed E-state index contributed by atoms with van der Waals surface area (Å²) in [6.45, 7) is 0. The zero-order chi connectivity index (χ0) is 23.7. The lowest BCUT2D eigenvalue weighted by Gasteiger charge is -2.12. The van der Waals surface area contributed by atoms with E-state index < -0.39 is 0 Å². The smallest absolute Gasteiger partial charge is 0.267 e. The third-order valence-corrected chi connectivity index (χ3v) is 7.80. The predicted octanol–water partition coefficient (Wildman–Crippen LogP) is 4.54. The van der Waals surface area contributed by atoms with Gasteiger partial charge in [0.05, 0.1) is 23.0 Å². The number of benzene rings is 2. The first-order valence-corrected chi connectivity index (χ1v) is 12.7. The van der Waals surface area contributed by atoms with Crippen molar-refractivity contribution in [1.29, 1.82) is 0 Å². The topological polar surface area (TPSA) is 96.6 Å². The van der Waals surface area contributed by atoms with Gasteiger partial charge in [0, 0.05) is 9.90 Å². The molecule has 0 aliphatic heterocycles. The number of phenolic OH excluding ortho intramolecular Hbond substituents is 1. The van der Waals surface area contributed by atoms with Crippen LogP contribution in [0.15, 0.2) is 63.6 Å². The molecule has 1 aliphatic rings. The van der Waals surface area contributed by atoms with Crippen molar-refractivity contribution in [2.45, 2.75) is 24.4 Å². The Balaban J connectivity index is 1.41. The van der Waals surface area contributed by atoms with Crippen LogP contribution in [0.1, 0.15) is 22.4 Å². The van der Waals surface area contributed by atoms with E-state index in [1.54, 1.807) is 52.3 Å². The number of hydrogen-bond acceptors (Lipinski definition) is 7. The highest BCUT2D eigenvalue weighted by Crippen LogP contribution is 2.36. The Morgan fingerprint density at radius 2 is 1.97 bits per heavy atom. The quantitative estimate of drug-likeness (QED) is 0.172. The summed E-state index contributed by atoms with van der Waals surface area (Å²) in [5.41, 5.74) is 4.85. The number of thioether (sulfide) groups is 1. The Hall–Kier alpha value is -3.14. The number of hydrogen-bond donors (Lipinski definition) is 2. The molecule has 2 N–H and O–H groups in total. The van der Waals surface area contributed by atoms with Crippen LogP contribution >= 0.6 is 34.7 Å². The van der Waals surface area contributed by atoms with Crippen LogP contribution in [0.5, 0.6) is 5.75 Å². The second-order valence-corrected chi connectivity index (χ2v) is 10.2. The fraction of sp³-hybridized carbons (Fsp3) is 0.167. The standard InChI is InChI=1S/C24H19ClN4O3S2/c25-15-6-8-16(9-7-15)29-23(32)21-18-2-1-3-19(18)34-22(21)27-24(29)33-13-20(31)28-26-12-14-4-10-17(30)11-5-14/h4-12,30H,1-3,13H2,(H,28,31). The normalized spacial score (nSPS) is 13.0. The number of aromatic nitrogens is 2. The number of hydrazone groups is 1. The number of halogens is 1. The molecule has 10 heteroatoms. The number of fused-ring (bicyclic) bond motifs is 3. The Morgan fingerprint density at radius 3 is 2.74 bits per heavy atom. The van der Waals surface area contributed by atoms with Crippen LogP contribution in [-0.2, 0) is 17.6 Å². The monoisotopic (exact) mass is 510 g/mol. The van der Waals surface area contributed by atoms with E-state index in [9.17, 15) is 14.7 Å². The van der Waals surface area contributed by atoms with E-state index in [0.29, 0.717) is 26.1 Å². The Morgan fingerprint density at radius 1 is 1.21 bits per heavy atom. The second-order valence-electron chi connectivity index (χ2n) is 7.72. The van der Waals surface area contributed by atoms with Gasteiger partial charge in [-0.15, -0.1) is 11.3 Å². The van der Waals surface area contributed by atoms with E-state index in [-0.39, 0.29) is 23.0 Å². The van der Waals surface area contributed by atoms with Crippen LogP contribution in [-0.4, -0.2) is 32.5 Å². The lowest BCUT2D eigenvalue weighted by atomic mass is 10.2. The number of amides is 1. The lowest BCUT2D eigenvalue weighted by Crippen LogP contribution is -2.24. The summed E-state index contributed by atoms with van der Waals surface area (Å²) in [6, 6.07) is 13.4. The molecule has 0 spiro atoms. The minimum Gasteiger partial charge on any atom is -0.508 e. The van der Waals surface area contributed by atoms with Crippen LogP contribution in [0.25, 0.3) is 15.9 Å². The van der Waals surface area contributed by atoms with Crippen molar-refractivity contribution in [2.24, 2.45) is 5.10 Å². The number of rotatable bonds is 6. The van der Waals surface area contributed by atoms with Crippen LogP contribution in [0.4, 0.5) is 0 Å². The molecule has 2 aromatic carbocycles. The molecule has 0 fully saturated rings. The second kappa shape index (κ2) is 9.61. The van der Waals surface area contributed by atoms with Crippen molar-refractivity contribution in [3.05, 3.63) is 79.9 Å². The van der Waals surface area contributed by atoms with Crippen molar-refractivity contribution in [2.75, 3.05) is 5.75 Å². The minimum absolute atomic E-state index is 0.0313. The first-order chi connectivity index (χ1) is 16.5. The molecule has 2 heterocycles. The molecule has 0 unspecified atom stereocenters. The van der Waals surface area contributed by atoms with Gasteiger partial charge in [-0.3, -0.25) is 14.2 Å². The highest BCUT2D eigenvalue weighted by molar-refractivity contribution is 7.99. The summed E-state index contributed by atoms with van der Waals surface area (Å²) in [5, 5.41) is 15.0. The summed E-state index contributed by atoms with van der Waals surface area (Å²) >= 11 is 8.80. The van der Waals surface area contributed by atoms with Gasteiger partial charge in [-0.05, 0) is 78.9 Å². The minimum atomic E-state index is -0.328. The lowest BCUT2D eigenvalue weighted by molar-refractivity contribution is -0.118. The van der Waals surface area contributed by atoms with E-state index in [4.69, 9.17) is 16.6 Å². The molecule has 0 atom stereocenters. The summed E-state index contributed by atoms with van der Waals surface area (Å²) in [5.74, 6) is -0.140. The van der Waals surface area contributed by atoms with Crippen molar-refractivity contribution < 1.29 is 9.90 Å². The van der Waals surface area contributed by atoms with Gasteiger partial charge in [0.15, 0.2) is 5.16 Å². The van der Waals surface area contributed by atoms with Gasteiger partial charge < -0.3 is 5.11 Å². The molecule has 0 saturated heterocycles. The fourth-order valence-electron chi connectivity index (χ4n) is 3.84. The van der Waals surface area contributed by atoms with Crippen LogP contribution in [0.3, 0.4) is 0 Å². The van der Waals surface area contributed by atoms with Crippen molar-refractivity contribution in [3.63, 3.8) is 0 Å².